The van der Waals surface area contributed by atoms with E-state index in [2.05, 4.69) is 20.1 Å². The third-order valence-electron chi connectivity index (χ3n) is 5.23. The first-order valence-corrected chi connectivity index (χ1v) is 10.1. The number of methoxy groups -OCH3 is 1. The van der Waals surface area contributed by atoms with Crippen molar-refractivity contribution in [1.29, 1.82) is 0 Å². The number of benzene rings is 1. The number of rotatable bonds is 6. The minimum absolute atomic E-state index is 0.217. The Morgan fingerprint density at radius 3 is 2.77 bits per heavy atom. The Kier molecular flexibility index (Phi) is 6.29. The topological polar surface area (TPSA) is 70.8 Å². The lowest BCUT2D eigenvalue weighted by Gasteiger charge is -2.22. The van der Waals surface area contributed by atoms with Crippen molar-refractivity contribution in [3.05, 3.63) is 72.3 Å². The van der Waals surface area contributed by atoms with Crippen molar-refractivity contribution in [2.24, 2.45) is 0 Å². The van der Waals surface area contributed by atoms with Crippen molar-refractivity contribution in [2.75, 3.05) is 43.5 Å². The molecule has 1 saturated heterocycles. The zero-order valence-corrected chi connectivity index (χ0v) is 17.1. The largest absolute Gasteiger partial charge is 0.496 e. The number of amides is 1. The Hall–Kier alpha value is -3.32. The highest BCUT2D eigenvalue weighted by molar-refractivity contribution is 6.06. The SMILES string of the molecule is COc1ccccc1C(=O)Nc1ccc(N2CCCN(Cc3ccco3)CC2)nc1. The number of aromatic nitrogens is 1. The number of hydrogen-bond donors (Lipinski definition) is 1. The molecule has 3 aromatic rings. The highest BCUT2D eigenvalue weighted by Crippen LogP contribution is 2.21. The van der Waals surface area contributed by atoms with Crippen LogP contribution in [0.3, 0.4) is 0 Å². The Morgan fingerprint density at radius 2 is 2.00 bits per heavy atom. The summed E-state index contributed by atoms with van der Waals surface area (Å²) in [5, 5.41) is 2.89. The molecule has 0 unspecified atom stereocenters. The van der Waals surface area contributed by atoms with Crippen LogP contribution in [0.15, 0.2) is 65.4 Å². The second-order valence-electron chi connectivity index (χ2n) is 7.26. The summed E-state index contributed by atoms with van der Waals surface area (Å²) >= 11 is 0. The molecule has 1 aromatic carbocycles. The van der Waals surface area contributed by atoms with Gasteiger partial charge in [-0.15, -0.1) is 0 Å². The quantitative estimate of drug-likeness (QED) is 0.674. The van der Waals surface area contributed by atoms with Crippen LogP contribution in [0.25, 0.3) is 0 Å². The smallest absolute Gasteiger partial charge is 0.259 e. The van der Waals surface area contributed by atoms with Gasteiger partial charge in [0.05, 0.1) is 37.4 Å². The zero-order valence-electron chi connectivity index (χ0n) is 17.1. The number of pyridine rings is 1. The average molecular weight is 406 g/mol. The number of nitrogens with one attached hydrogen (secondary N) is 1. The van der Waals surface area contributed by atoms with Gasteiger partial charge in [-0.2, -0.15) is 0 Å². The molecule has 7 nitrogen and oxygen atoms in total. The van der Waals surface area contributed by atoms with Crippen molar-refractivity contribution in [2.45, 2.75) is 13.0 Å². The van der Waals surface area contributed by atoms with E-state index in [0.717, 1.165) is 50.7 Å². The van der Waals surface area contributed by atoms with E-state index in [1.165, 1.54) is 0 Å². The van der Waals surface area contributed by atoms with Gasteiger partial charge in [-0.25, -0.2) is 4.98 Å². The second-order valence-corrected chi connectivity index (χ2v) is 7.26. The predicted molar refractivity (Wildman–Crippen MR) is 116 cm³/mol. The molecule has 1 amide bonds. The minimum atomic E-state index is -0.217. The fourth-order valence-electron chi connectivity index (χ4n) is 3.66. The second kappa shape index (κ2) is 9.45. The van der Waals surface area contributed by atoms with Crippen molar-refractivity contribution in [3.8, 4) is 5.75 Å². The number of nitrogens with zero attached hydrogens (tertiary/aromatic N) is 3. The maximum atomic E-state index is 12.5. The van der Waals surface area contributed by atoms with E-state index in [4.69, 9.17) is 9.15 Å². The van der Waals surface area contributed by atoms with Gasteiger partial charge in [0.1, 0.15) is 17.3 Å². The fraction of sp³-hybridized carbons (Fsp3) is 0.304. The molecule has 3 heterocycles. The summed E-state index contributed by atoms with van der Waals surface area (Å²) in [5.41, 5.74) is 1.15. The standard InChI is InChI=1S/C23H26N4O3/c1-29-21-8-3-2-7-20(21)23(28)25-18-9-10-22(24-16-18)27-12-5-11-26(13-14-27)17-19-6-4-15-30-19/h2-4,6-10,15-16H,5,11-14,17H2,1H3,(H,25,28). The Balaban J connectivity index is 1.35. The molecule has 0 radical (unpaired) electrons. The van der Waals surface area contributed by atoms with Gasteiger partial charge in [0.15, 0.2) is 0 Å². The first-order chi connectivity index (χ1) is 14.7. The number of para-hydroxylation sites is 1. The summed E-state index contributed by atoms with van der Waals surface area (Å²) in [5.74, 6) is 2.25. The monoisotopic (exact) mass is 406 g/mol. The first kappa shape index (κ1) is 20.0. The number of furan rings is 1. The minimum Gasteiger partial charge on any atom is -0.496 e. The summed E-state index contributed by atoms with van der Waals surface area (Å²) in [7, 11) is 1.55. The number of hydrogen-bond acceptors (Lipinski definition) is 6. The van der Waals surface area contributed by atoms with Gasteiger partial charge in [-0.1, -0.05) is 12.1 Å². The molecule has 1 fully saturated rings. The molecule has 2 aromatic heterocycles. The molecular formula is C23H26N4O3. The van der Waals surface area contributed by atoms with Crippen LogP contribution >= 0.6 is 0 Å². The van der Waals surface area contributed by atoms with Gasteiger partial charge in [0.25, 0.3) is 5.91 Å². The molecule has 7 heteroatoms. The van der Waals surface area contributed by atoms with Crippen LogP contribution in [0.5, 0.6) is 5.75 Å². The maximum absolute atomic E-state index is 12.5. The van der Waals surface area contributed by atoms with E-state index in [1.54, 1.807) is 31.7 Å². The van der Waals surface area contributed by atoms with Crippen molar-refractivity contribution in [1.82, 2.24) is 9.88 Å². The van der Waals surface area contributed by atoms with Gasteiger partial charge in [-0.3, -0.25) is 9.69 Å². The molecule has 1 aliphatic rings. The zero-order chi connectivity index (χ0) is 20.8. The fourth-order valence-corrected chi connectivity index (χ4v) is 3.66. The Morgan fingerprint density at radius 1 is 1.10 bits per heavy atom. The molecule has 0 aliphatic carbocycles. The van der Waals surface area contributed by atoms with Gasteiger partial charge in [0, 0.05) is 26.2 Å². The van der Waals surface area contributed by atoms with Gasteiger partial charge in [-0.05, 0) is 42.8 Å². The molecular weight excluding hydrogens is 380 g/mol. The van der Waals surface area contributed by atoms with Crippen molar-refractivity contribution < 1.29 is 13.9 Å². The lowest BCUT2D eigenvalue weighted by atomic mass is 10.2. The van der Waals surface area contributed by atoms with E-state index in [0.29, 0.717) is 17.0 Å². The van der Waals surface area contributed by atoms with Crippen molar-refractivity contribution in [3.63, 3.8) is 0 Å². The summed E-state index contributed by atoms with van der Waals surface area (Å²) in [6.45, 7) is 4.68. The normalized spacial score (nSPS) is 14.9. The Labute approximate surface area is 176 Å². The summed E-state index contributed by atoms with van der Waals surface area (Å²) in [6, 6.07) is 14.9. The summed E-state index contributed by atoms with van der Waals surface area (Å²) in [6.07, 6.45) is 4.49. The molecule has 1 N–H and O–H groups in total. The van der Waals surface area contributed by atoms with E-state index < -0.39 is 0 Å². The Bertz CT molecular complexity index is 957. The molecule has 0 saturated carbocycles. The molecule has 4 rings (SSSR count). The number of carbonyl (C=O) groups is 1. The van der Waals surface area contributed by atoms with Gasteiger partial charge < -0.3 is 19.4 Å². The van der Waals surface area contributed by atoms with Crippen LogP contribution in [0, 0.1) is 0 Å². The average Bonchev–Trinajstić information content (AvgIpc) is 3.18. The lowest BCUT2D eigenvalue weighted by Crippen LogP contribution is -2.30. The van der Waals surface area contributed by atoms with E-state index in [9.17, 15) is 4.79 Å². The van der Waals surface area contributed by atoms with Crippen molar-refractivity contribution >= 4 is 17.4 Å². The van der Waals surface area contributed by atoms with Crippen LogP contribution in [0.4, 0.5) is 11.5 Å². The predicted octanol–water partition coefficient (Wildman–Crippen LogP) is 3.65. The molecule has 0 spiro atoms. The van der Waals surface area contributed by atoms with Gasteiger partial charge >= 0.3 is 0 Å². The van der Waals surface area contributed by atoms with E-state index in [1.807, 2.05) is 36.4 Å². The lowest BCUT2D eigenvalue weighted by molar-refractivity contribution is 0.102. The number of anilines is 2. The van der Waals surface area contributed by atoms with E-state index >= 15 is 0 Å². The van der Waals surface area contributed by atoms with E-state index in [-0.39, 0.29) is 5.91 Å². The first-order valence-electron chi connectivity index (χ1n) is 10.1. The third-order valence-corrected chi connectivity index (χ3v) is 5.23. The highest BCUT2D eigenvalue weighted by atomic mass is 16.5. The molecule has 30 heavy (non-hydrogen) atoms. The van der Waals surface area contributed by atoms with Crippen LogP contribution in [0.1, 0.15) is 22.5 Å². The maximum Gasteiger partial charge on any atom is 0.259 e. The number of carbonyl (C=O) groups excluding carboxylic acids is 1. The molecule has 0 atom stereocenters. The highest BCUT2D eigenvalue weighted by Gasteiger charge is 2.17. The van der Waals surface area contributed by atoms with Gasteiger partial charge in [0.2, 0.25) is 0 Å². The van der Waals surface area contributed by atoms with Crippen LogP contribution < -0.4 is 15.0 Å². The molecule has 1 aliphatic heterocycles. The molecule has 0 bridgehead atoms. The van der Waals surface area contributed by atoms with Crippen LogP contribution in [0.2, 0.25) is 0 Å². The molecule has 156 valence electrons. The number of ether oxygens (including phenoxy) is 1. The summed E-state index contributed by atoms with van der Waals surface area (Å²) in [4.78, 5) is 21.8. The third kappa shape index (κ3) is 4.80. The van der Waals surface area contributed by atoms with Crippen LogP contribution in [-0.2, 0) is 6.54 Å². The van der Waals surface area contributed by atoms with Crippen LogP contribution in [-0.4, -0.2) is 49.1 Å². The summed E-state index contributed by atoms with van der Waals surface area (Å²) < 4.78 is 10.7.